The number of nitriles is 1. The van der Waals surface area contributed by atoms with Gasteiger partial charge in [-0.2, -0.15) is 5.26 Å². The van der Waals surface area contributed by atoms with E-state index in [-0.39, 0.29) is 24.2 Å². The number of rotatable bonds is 10. The van der Waals surface area contributed by atoms with Gasteiger partial charge in [-0.25, -0.2) is 0 Å². The minimum Gasteiger partial charge on any atom is -0.497 e. The third-order valence-electron chi connectivity index (χ3n) is 5.26. The summed E-state index contributed by atoms with van der Waals surface area (Å²) in [5, 5.41) is 21.4. The molecule has 1 amide bonds. The molecule has 0 saturated carbocycles. The Balaban J connectivity index is 1.76. The van der Waals surface area contributed by atoms with Crippen molar-refractivity contribution >= 4 is 17.7 Å². The summed E-state index contributed by atoms with van der Waals surface area (Å²) in [7, 11) is 1.61. The molecule has 3 aromatic rings. The third-order valence-corrected chi connectivity index (χ3v) is 6.19. The van der Waals surface area contributed by atoms with Gasteiger partial charge in [0.1, 0.15) is 23.6 Å². The smallest absolute Gasteiger partial charge is 0.231 e. The molecule has 0 fully saturated rings. The van der Waals surface area contributed by atoms with Crippen molar-refractivity contribution in [1.82, 2.24) is 20.1 Å². The van der Waals surface area contributed by atoms with Crippen molar-refractivity contribution in [3.63, 3.8) is 0 Å². The predicted octanol–water partition coefficient (Wildman–Crippen LogP) is 4.00. The number of thioether (sulfide) groups is 1. The Hall–Kier alpha value is -3.51. The maximum atomic E-state index is 12.5. The Kier molecular flexibility index (Phi) is 7.96. The lowest BCUT2D eigenvalue weighted by molar-refractivity contribution is -0.120. The Morgan fingerprint density at radius 3 is 2.42 bits per heavy atom. The van der Waals surface area contributed by atoms with Crippen molar-refractivity contribution in [2.24, 2.45) is 5.92 Å². The van der Waals surface area contributed by atoms with Crippen molar-refractivity contribution in [1.29, 1.82) is 5.26 Å². The number of methoxy groups -OCH3 is 1. The molecule has 8 nitrogen and oxygen atoms in total. The lowest BCUT2D eigenvalue weighted by atomic mass is 9.90. The number of carbonyl (C=O) groups is 1. The highest BCUT2D eigenvalue weighted by Crippen LogP contribution is 2.24. The molecular weight excluding hydrogens is 438 g/mol. The van der Waals surface area contributed by atoms with Crippen molar-refractivity contribution in [2.75, 3.05) is 12.9 Å². The summed E-state index contributed by atoms with van der Waals surface area (Å²) in [5.74, 6) is 1.87. The number of benzene rings is 2. The first-order valence-electron chi connectivity index (χ1n) is 10.5. The molecule has 0 aliphatic heterocycles. The molecule has 33 heavy (non-hydrogen) atoms. The summed E-state index contributed by atoms with van der Waals surface area (Å²) >= 11 is 1.26. The molecule has 1 N–H and O–H groups in total. The molecule has 1 heterocycles. The van der Waals surface area contributed by atoms with Crippen LogP contribution in [0.5, 0.6) is 11.5 Å². The van der Waals surface area contributed by atoms with E-state index in [1.54, 1.807) is 14.0 Å². The number of hydrogen-bond donors (Lipinski definition) is 1. The summed E-state index contributed by atoms with van der Waals surface area (Å²) in [6, 6.07) is 19.1. The molecule has 0 bridgehead atoms. The zero-order chi connectivity index (χ0) is 23.8. The molecule has 172 valence electrons. The van der Waals surface area contributed by atoms with E-state index >= 15 is 0 Å². The average molecular weight is 466 g/mol. The Bertz CT molecular complexity index is 1110. The van der Waals surface area contributed by atoms with E-state index in [1.807, 2.05) is 73.0 Å². The highest BCUT2D eigenvalue weighted by molar-refractivity contribution is 7.99. The zero-order valence-corrected chi connectivity index (χ0v) is 19.9. The van der Waals surface area contributed by atoms with Gasteiger partial charge >= 0.3 is 0 Å². The van der Waals surface area contributed by atoms with Crippen LogP contribution in [0.25, 0.3) is 5.69 Å². The number of amides is 1. The molecule has 1 aromatic heterocycles. The van der Waals surface area contributed by atoms with Crippen LogP contribution >= 0.6 is 11.8 Å². The first-order valence-corrected chi connectivity index (χ1v) is 11.5. The second-order valence-electron chi connectivity index (χ2n) is 7.84. The second kappa shape index (κ2) is 10.9. The van der Waals surface area contributed by atoms with Gasteiger partial charge in [0.25, 0.3) is 0 Å². The fourth-order valence-electron chi connectivity index (χ4n) is 2.90. The van der Waals surface area contributed by atoms with Gasteiger partial charge in [0, 0.05) is 5.69 Å². The maximum absolute atomic E-state index is 12.5. The second-order valence-corrected chi connectivity index (χ2v) is 8.78. The maximum Gasteiger partial charge on any atom is 0.231 e. The highest BCUT2D eigenvalue weighted by Gasteiger charge is 2.30. The van der Waals surface area contributed by atoms with E-state index in [2.05, 4.69) is 21.6 Å². The molecule has 0 unspecified atom stereocenters. The number of ether oxygens (including phenoxy) is 2. The zero-order valence-electron chi connectivity index (χ0n) is 19.1. The van der Waals surface area contributed by atoms with Gasteiger partial charge in [-0.3, -0.25) is 9.36 Å². The highest BCUT2D eigenvalue weighted by atomic mass is 32.2. The molecule has 2 aromatic carbocycles. The van der Waals surface area contributed by atoms with Crippen LogP contribution in [-0.4, -0.2) is 39.1 Å². The first-order chi connectivity index (χ1) is 15.9. The molecule has 0 saturated heterocycles. The largest absolute Gasteiger partial charge is 0.497 e. The van der Waals surface area contributed by atoms with Crippen LogP contribution in [0.15, 0.2) is 59.8 Å². The van der Waals surface area contributed by atoms with Crippen LogP contribution in [0.1, 0.15) is 26.6 Å². The number of hydrogen-bond acceptors (Lipinski definition) is 7. The Morgan fingerprint density at radius 2 is 1.82 bits per heavy atom. The minimum atomic E-state index is -0.928. The number of nitrogens with zero attached hydrogens (tertiary/aromatic N) is 4. The van der Waals surface area contributed by atoms with Crippen molar-refractivity contribution in [2.45, 2.75) is 38.1 Å². The quantitative estimate of drug-likeness (QED) is 0.452. The number of aromatic nitrogens is 3. The van der Waals surface area contributed by atoms with Gasteiger partial charge in [0.05, 0.1) is 18.9 Å². The van der Waals surface area contributed by atoms with Gasteiger partial charge in [0.15, 0.2) is 11.0 Å². The average Bonchev–Trinajstić information content (AvgIpc) is 3.24. The molecule has 1 atom stereocenters. The summed E-state index contributed by atoms with van der Waals surface area (Å²) in [4.78, 5) is 12.5. The van der Waals surface area contributed by atoms with E-state index in [1.165, 1.54) is 11.8 Å². The van der Waals surface area contributed by atoms with E-state index in [0.717, 1.165) is 11.4 Å². The first kappa shape index (κ1) is 24.1. The number of nitrogens with one attached hydrogen (secondary N) is 1. The van der Waals surface area contributed by atoms with Gasteiger partial charge in [-0.1, -0.05) is 43.8 Å². The fraction of sp³-hybridized carbons (Fsp3) is 0.333. The molecule has 0 aliphatic rings. The van der Waals surface area contributed by atoms with Gasteiger partial charge < -0.3 is 14.8 Å². The number of carbonyl (C=O) groups excluding carboxylic acids is 1. The van der Waals surface area contributed by atoms with Crippen LogP contribution in [0, 0.1) is 17.2 Å². The summed E-state index contributed by atoms with van der Waals surface area (Å²) < 4.78 is 12.9. The minimum absolute atomic E-state index is 0.0221. The monoisotopic (exact) mass is 465 g/mol. The molecule has 3 rings (SSSR count). The predicted molar refractivity (Wildman–Crippen MR) is 126 cm³/mol. The number of para-hydroxylation sites is 1. The SMILES string of the molecule is COc1ccc(OCc2nnc(SCC(=O)N[C@](C)(C#N)C(C)C)n2-c2ccccc2)cc1. The summed E-state index contributed by atoms with van der Waals surface area (Å²) in [6.07, 6.45) is 0. The lowest BCUT2D eigenvalue weighted by Gasteiger charge is -2.27. The molecule has 0 spiro atoms. The van der Waals surface area contributed by atoms with Crippen LogP contribution < -0.4 is 14.8 Å². The van der Waals surface area contributed by atoms with E-state index in [0.29, 0.717) is 16.7 Å². The van der Waals surface area contributed by atoms with Gasteiger partial charge in [-0.05, 0) is 49.2 Å². The van der Waals surface area contributed by atoms with Gasteiger partial charge in [0.2, 0.25) is 5.91 Å². The Labute approximate surface area is 197 Å². The standard InChI is InChI=1S/C24H27N5O3S/c1-17(2)24(3,16-25)26-22(30)15-33-23-28-27-21(29(23)18-8-6-5-7-9-18)14-32-20-12-10-19(31-4)11-13-20/h5-13,17H,14-15H2,1-4H3,(H,26,30)/t24-/m1/s1. The Morgan fingerprint density at radius 1 is 1.15 bits per heavy atom. The van der Waals surface area contributed by atoms with Crippen LogP contribution in [0.3, 0.4) is 0 Å². The van der Waals surface area contributed by atoms with Crippen molar-refractivity contribution in [3.8, 4) is 23.3 Å². The topological polar surface area (TPSA) is 102 Å². The lowest BCUT2D eigenvalue weighted by Crippen LogP contribution is -2.49. The van der Waals surface area contributed by atoms with E-state index < -0.39 is 5.54 Å². The molecular formula is C24H27N5O3S. The van der Waals surface area contributed by atoms with Crippen LogP contribution in [0.4, 0.5) is 0 Å². The van der Waals surface area contributed by atoms with Gasteiger partial charge in [-0.15, -0.1) is 10.2 Å². The molecule has 0 radical (unpaired) electrons. The molecule has 9 heteroatoms. The summed E-state index contributed by atoms with van der Waals surface area (Å²) in [6.45, 7) is 5.72. The van der Waals surface area contributed by atoms with Crippen LogP contribution in [0.2, 0.25) is 0 Å². The van der Waals surface area contributed by atoms with Crippen molar-refractivity contribution in [3.05, 3.63) is 60.4 Å². The molecule has 0 aliphatic carbocycles. The van der Waals surface area contributed by atoms with E-state index in [9.17, 15) is 10.1 Å². The fourth-order valence-corrected chi connectivity index (χ4v) is 3.67. The summed E-state index contributed by atoms with van der Waals surface area (Å²) in [5.41, 5.74) is -0.0648. The van der Waals surface area contributed by atoms with E-state index in [4.69, 9.17) is 9.47 Å². The van der Waals surface area contributed by atoms with Crippen LogP contribution in [-0.2, 0) is 11.4 Å². The third kappa shape index (κ3) is 6.05. The normalized spacial score (nSPS) is 12.6. The van der Waals surface area contributed by atoms with Crippen molar-refractivity contribution < 1.29 is 14.3 Å².